The summed E-state index contributed by atoms with van der Waals surface area (Å²) in [5.41, 5.74) is 0. The zero-order chi connectivity index (χ0) is 6.57. The molecule has 0 aliphatic heterocycles. The average molecular weight is 306 g/mol. The molecule has 0 aliphatic rings. The van der Waals surface area contributed by atoms with E-state index < -0.39 is 0 Å². The molecule has 8 heavy (non-hydrogen) atoms. The normalized spacial score (nSPS) is 16.8. The molecule has 0 N–H and O–H groups in total. The van der Waals surface area contributed by atoms with E-state index in [2.05, 4.69) is 53.9 Å². The van der Waals surface area contributed by atoms with Gasteiger partial charge in [0.1, 0.15) is 4.83 Å². The first-order valence-corrected chi connectivity index (χ1v) is 4.91. The summed E-state index contributed by atoms with van der Waals surface area (Å²) < 4.78 is 0. The minimum atomic E-state index is -0.0955. The standard InChI is InChI=1S/C4H4Br3N/c5-1-3(6)4(7)2-8/h3-4H,1H2/t3-,4+/m0/s1. The van der Waals surface area contributed by atoms with Crippen molar-refractivity contribution in [3.05, 3.63) is 0 Å². The third-order valence-electron chi connectivity index (χ3n) is 0.588. The fraction of sp³-hybridized carbons (Fsp3) is 0.750. The molecule has 0 aromatic heterocycles. The van der Waals surface area contributed by atoms with E-state index in [0.29, 0.717) is 0 Å². The first-order chi connectivity index (χ1) is 3.72. The van der Waals surface area contributed by atoms with Gasteiger partial charge in [0.05, 0.1) is 6.07 Å². The van der Waals surface area contributed by atoms with Gasteiger partial charge >= 0.3 is 0 Å². The Morgan fingerprint density at radius 1 is 1.50 bits per heavy atom. The number of alkyl halides is 3. The molecular formula is C4H4Br3N. The van der Waals surface area contributed by atoms with Crippen LogP contribution in [0.15, 0.2) is 0 Å². The van der Waals surface area contributed by atoms with Crippen molar-refractivity contribution in [1.29, 1.82) is 5.26 Å². The molecule has 0 radical (unpaired) electrons. The second-order valence-corrected chi connectivity index (χ2v) is 4.01. The van der Waals surface area contributed by atoms with Gasteiger partial charge in [0.25, 0.3) is 0 Å². The van der Waals surface area contributed by atoms with E-state index in [1.54, 1.807) is 0 Å². The van der Waals surface area contributed by atoms with Crippen molar-refractivity contribution in [2.24, 2.45) is 0 Å². The molecule has 0 bridgehead atoms. The monoisotopic (exact) mass is 303 g/mol. The van der Waals surface area contributed by atoms with Gasteiger partial charge in [-0.3, -0.25) is 0 Å². The van der Waals surface area contributed by atoms with Crippen molar-refractivity contribution in [1.82, 2.24) is 0 Å². The second kappa shape index (κ2) is 4.78. The molecule has 0 rings (SSSR count). The van der Waals surface area contributed by atoms with Crippen LogP contribution in [0.1, 0.15) is 0 Å². The fourth-order valence-electron chi connectivity index (χ4n) is 0.159. The predicted octanol–water partition coefficient (Wildman–Crippen LogP) is 2.43. The molecule has 2 atom stereocenters. The molecule has 0 amide bonds. The fourth-order valence-corrected chi connectivity index (χ4v) is 1.34. The molecule has 0 aliphatic carbocycles. The van der Waals surface area contributed by atoms with Crippen LogP contribution in [0.3, 0.4) is 0 Å². The Hall–Kier alpha value is 0.930. The van der Waals surface area contributed by atoms with Crippen LogP contribution in [0.5, 0.6) is 0 Å². The summed E-state index contributed by atoms with van der Waals surface area (Å²) >= 11 is 9.68. The molecule has 1 nitrogen and oxygen atoms in total. The van der Waals surface area contributed by atoms with Gasteiger partial charge in [0.2, 0.25) is 0 Å². The third-order valence-corrected chi connectivity index (χ3v) is 4.56. The highest BCUT2D eigenvalue weighted by Crippen LogP contribution is 2.14. The topological polar surface area (TPSA) is 23.8 Å². The average Bonchev–Trinajstić information content (AvgIpc) is 1.84. The lowest BCUT2D eigenvalue weighted by atomic mass is 10.4. The van der Waals surface area contributed by atoms with Crippen LogP contribution in [-0.4, -0.2) is 15.0 Å². The third kappa shape index (κ3) is 3.06. The van der Waals surface area contributed by atoms with Crippen molar-refractivity contribution >= 4 is 47.8 Å². The van der Waals surface area contributed by atoms with Crippen LogP contribution >= 0.6 is 47.8 Å². The zero-order valence-electron chi connectivity index (χ0n) is 3.94. The maximum absolute atomic E-state index is 8.29. The highest BCUT2D eigenvalue weighted by molar-refractivity contribution is 9.13. The lowest BCUT2D eigenvalue weighted by Gasteiger charge is -2.02. The molecule has 0 aromatic rings. The van der Waals surface area contributed by atoms with E-state index in [9.17, 15) is 0 Å². The minimum absolute atomic E-state index is 0.0955. The highest BCUT2D eigenvalue weighted by atomic mass is 79.9. The Balaban J connectivity index is 3.49. The maximum Gasteiger partial charge on any atom is 0.115 e. The van der Waals surface area contributed by atoms with Crippen LogP contribution in [0.2, 0.25) is 0 Å². The molecule has 0 spiro atoms. The van der Waals surface area contributed by atoms with Crippen LogP contribution < -0.4 is 0 Å². The quantitative estimate of drug-likeness (QED) is 0.719. The number of hydrogen-bond donors (Lipinski definition) is 0. The summed E-state index contributed by atoms with van der Waals surface area (Å²) in [6, 6.07) is 2.06. The molecule has 0 heterocycles. The number of nitriles is 1. The van der Waals surface area contributed by atoms with Gasteiger partial charge in [0.15, 0.2) is 0 Å². The molecule has 0 aromatic carbocycles. The van der Waals surface area contributed by atoms with E-state index in [1.807, 2.05) is 0 Å². The Morgan fingerprint density at radius 3 is 2.12 bits per heavy atom. The van der Waals surface area contributed by atoms with E-state index in [1.165, 1.54) is 0 Å². The number of nitrogens with zero attached hydrogens (tertiary/aromatic N) is 1. The summed E-state index contributed by atoms with van der Waals surface area (Å²) in [6.07, 6.45) is 0. The SMILES string of the molecule is N#C[C@@H](Br)[C@@H](Br)CBr. The predicted molar refractivity (Wildman–Crippen MR) is 44.8 cm³/mol. The summed E-state index contributed by atoms with van der Waals surface area (Å²) in [6.45, 7) is 0. The minimum Gasteiger partial charge on any atom is -0.197 e. The first kappa shape index (κ1) is 8.93. The van der Waals surface area contributed by atoms with Crippen molar-refractivity contribution in [3.8, 4) is 6.07 Å². The Bertz CT molecular complexity index is 97.9. The van der Waals surface area contributed by atoms with Gasteiger partial charge in [-0.15, -0.1) is 0 Å². The van der Waals surface area contributed by atoms with Crippen molar-refractivity contribution in [3.63, 3.8) is 0 Å². The van der Waals surface area contributed by atoms with Gasteiger partial charge in [-0.25, -0.2) is 0 Å². The summed E-state index contributed by atoms with van der Waals surface area (Å²) in [5.74, 6) is 0. The van der Waals surface area contributed by atoms with Gasteiger partial charge in [-0.05, 0) is 0 Å². The van der Waals surface area contributed by atoms with Crippen molar-refractivity contribution in [2.45, 2.75) is 9.65 Å². The molecule has 0 saturated heterocycles. The number of hydrogen-bond acceptors (Lipinski definition) is 1. The van der Waals surface area contributed by atoms with E-state index in [0.717, 1.165) is 5.33 Å². The number of halogens is 3. The van der Waals surface area contributed by atoms with E-state index in [4.69, 9.17) is 5.26 Å². The van der Waals surface area contributed by atoms with Crippen molar-refractivity contribution in [2.75, 3.05) is 5.33 Å². The molecule has 0 unspecified atom stereocenters. The molecule has 0 saturated carbocycles. The van der Waals surface area contributed by atoms with Crippen molar-refractivity contribution < 1.29 is 0 Å². The smallest absolute Gasteiger partial charge is 0.115 e. The molecule has 46 valence electrons. The van der Waals surface area contributed by atoms with Gasteiger partial charge < -0.3 is 0 Å². The Kier molecular flexibility index (Phi) is 5.33. The van der Waals surface area contributed by atoms with Crippen LogP contribution in [0.4, 0.5) is 0 Å². The van der Waals surface area contributed by atoms with Crippen LogP contribution in [-0.2, 0) is 0 Å². The van der Waals surface area contributed by atoms with Gasteiger partial charge in [-0.2, -0.15) is 5.26 Å². The zero-order valence-corrected chi connectivity index (χ0v) is 8.70. The first-order valence-electron chi connectivity index (χ1n) is 1.96. The van der Waals surface area contributed by atoms with E-state index >= 15 is 0 Å². The highest BCUT2D eigenvalue weighted by Gasteiger charge is 2.11. The Morgan fingerprint density at radius 2 is 2.00 bits per heavy atom. The molecule has 0 fully saturated rings. The summed E-state index contributed by atoms with van der Waals surface area (Å²) in [7, 11) is 0. The lowest BCUT2D eigenvalue weighted by molar-refractivity contribution is 1.06. The van der Waals surface area contributed by atoms with Gasteiger partial charge in [0, 0.05) is 10.2 Å². The van der Waals surface area contributed by atoms with E-state index in [-0.39, 0.29) is 9.65 Å². The Labute approximate surface area is 73.8 Å². The number of rotatable bonds is 2. The van der Waals surface area contributed by atoms with Gasteiger partial charge in [-0.1, -0.05) is 47.8 Å². The molecule has 4 heteroatoms. The lowest BCUT2D eigenvalue weighted by Crippen LogP contribution is -2.12. The van der Waals surface area contributed by atoms with Crippen LogP contribution in [0.25, 0.3) is 0 Å². The maximum atomic E-state index is 8.29. The largest absolute Gasteiger partial charge is 0.197 e. The summed E-state index contributed by atoms with van der Waals surface area (Å²) in [5, 5.41) is 9.08. The second-order valence-electron chi connectivity index (χ2n) is 1.20. The summed E-state index contributed by atoms with van der Waals surface area (Å²) in [4.78, 5) is 0.106. The van der Waals surface area contributed by atoms with Crippen LogP contribution in [0, 0.1) is 11.3 Å². The molecular weight excluding hydrogens is 302 g/mol.